The van der Waals surface area contributed by atoms with E-state index in [-0.39, 0.29) is 4.90 Å². The van der Waals surface area contributed by atoms with E-state index in [1.165, 1.54) is 0 Å². The molecule has 0 spiro atoms. The summed E-state index contributed by atoms with van der Waals surface area (Å²) in [7, 11) is 0. The summed E-state index contributed by atoms with van der Waals surface area (Å²) < 4.78 is 0. The maximum absolute atomic E-state index is 10.5. The van der Waals surface area contributed by atoms with Crippen LogP contribution < -0.4 is 0 Å². The van der Waals surface area contributed by atoms with Crippen LogP contribution >= 0.6 is 0 Å². The number of nitrogens with zero attached hydrogens (tertiary/aromatic N) is 2. The van der Waals surface area contributed by atoms with Gasteiger partial charge in [0.15, 0.2) is 0 Å². The first kappa shape index (κ1) is 15.4. The van der Waals surface area contributed by atoms with Crippen LogP contribution in [0.3, 0.4) is 0 Å². The quantitative estimate of drug-likeness (QED) is 0.533. The van der Waals surface area contributed by atoms with Gasteiger partial charge in [-0.1, -0.05) is 5.06 Å². The van der Waals surface area contributed by atoms with E-state index in [9.17, 15) is 19.2 Å². The van der Waals surface area contributed by atoms with E-state index in [0.29, 0.717) is 0 Å². The van der Waals surface area contributed by atoms with Gasteiger partial charge in [-0.3, -0.25) is 4.84 Å². The number of imide groups is 2. The molecule has 0 rings (SSSR count). The molecule has 18 heavy (non-hydrogen) atoms. The Morgan fingerprint density at radius 1 is 0.944 bits per heavy atom. The van der Waals surface area contributed by atoms with Gasteiger partial charge >= 0.3 is 24.4 Å². The second-order valence-corrected chi connectivity index (χ2v) is 2.95. The molecular formula is C7H10N2O9. The lowest BCUT2D eigenvalue weighted by Gasteiger charge is -2.21. The summed E-state index contributed by atoms with van der Waals surface area (Å²) >= 11 is 0. The molecule has 0 saturated heterocycles. The zero-order valence-electron chi connectivity index (χ0n) is 9.01. The Bertz CT molecular complexity index is 306. The average molecular weight is 266 g/mol. The van der Waals surface area contributed by atoms with Gasteiger partial charge in [-0.2, -0.15) is 0 Å². The number of carbonyl (C=O) groups is 4. The Kier molecular flexibility index (Phi) is 5.36. The number of amides is 4. The zero-order valence-corrected chi connectivity index (χ0v) is 9.01. The van der Waals surface area contributed by atoms with Gasteiger partial charge in [-0.15, -0.1) is 0 Å². The highest BCUT2D eigenvalue weighted by Gasteiger charge is 2.28. The van der Waals surface area contributed by atoms with Crippen LogP contribution in [0.25, 0.3) is 0 Å². The number of hydrogen-bond donors (Lipinski definition) is 4. The van der Waals surface area contributed by atoms with Crippen molar-refractivity contribution in [2.75, 3.05) is 6.54 Å². The van der Waals surface area contributed by atoms with Crippen molar-refractivity contribution >= 4 is 24.4 Å². The van der Waals surface area contributed by atoms with Gasteiger partial charge in [-0.05, 0) is 6.92 Å². The molecule has 0 aliphatic carbocycles. The summed E-state index contributed by atoms with van der Waals surface area (Å²) in [6.45, 7) is 0.361. The lowest BCUT2D eigenvalue weighted by molar-refractivity contribution is -0.143. The van der Waals surface area contributed by atoms with E-state index in [1.807, 2.05) is 0 Å². The molecule has 0 heterocycles. The monoisotopic (exact) mass is 266 g/mol. The predicted octanol–water partition coefficient (Wildman–Crippen LogP) is 0.623. The van der Waals surface area contributed by atoms with Crippen molar-refractivity contribution in [2.45, 2.75) is 13.0 Å². The predicted molar refractivity (Wildman–Crippen MR) is 51.2 cm³/mol. The number of carboxylic acid groups (broad SMARTS) is 4. The smallest absolute Gasteiger partial charge is 0.441 e. The van der Waals surface area contributed by atoms with Gasteiger partial charge < -0.3 is 20.4 Å². The number of hydroxylamine groups is 2. The van der Waals surface area contributed by atoms with Crippen molar-refractivity contribution in [3.8, 4) is 0 Å². The Morgan fingerprint density at radius 3 is 1.61 bits per heavy atom. The van der Waals surface area contributed by atoms with E-state index in [4.69, 9.17) is 20.4 Å². The first-order chi connectivity index (χ1) is 8.16. The largest absolute Gasteiger partial charge is 0.465 e. The normalized spacial score (nSPS) is 11.4. The molecule has 11 heteroatoms. The fourth-order valence-electron chi connectivity index (χ4n) is 0.880. The summed E-state index contributed by atoms with van der Waals surface area (Å²) in [5, 5.41) is 33.4. The van der Waals surface area contributed by atoms with Gasteiger partial charge in [0.1, 0.15) is 6.10 Å². The lowest BCUT2D eigenvalue weighted by Crippen LogP contribution is -2.44. The summed E-state index contributed by atoms with van der Waals surface area (Å²) in [4.78, 5) is 46.0. The van der Waals surface area contributed by atoms with E-state index >= 15 is 0 Å². The molecule has 11 nitrogen and oxygen atoms in total. The Labute approximate surface area is 99.3 Å². The van der Waals surface area contributed by atoms with Gasteiger partial charge in [0.25, 0.3) is 0 Å². The van der Waals surface area contributed by atoms with Crippen molar-refractivity contribution in [3.63, 3.8) is 0 Å². The Morgan fingerprint density at radius 2 is 1.33 bits per heavy atom. The summed E-state index contributed by atoms with van der Waals surface area (Å²) in [6.07, 6.45) is -8.77. The maximum atomic E-state index is 10.5. The summed E-state index contributed by atoms with van der Waals surface area (Å²) in [6, 6.07) is 0. The van der Waals surface area contributed by atoms with Crippen molar-refractivity contribution in [2.24, 2.45) is 0 Å². The topological polar surface area (TPSA) is 165 Å². The number of rotatable bonds is 4. The molecule has 0 fully saturated rings. The second kappa shape index (κ2) is 6.24. The average Bonchev–Trinajstić information content (AvgIpc) is 2.20. The van der Waals surface area contributed by atoms with Crippen LogP contribution in [0.5, 0.6) is 0 Å². The van der Waals surface area contributed by atoms with Crippen LogP contribution in [0.1, 0.15) is 6.92 Å². The van der Waals surface area contributed by atoms with Crippen LogP contribution in [0.4, 0.5) is 19.2 Å². The molecule has 0 bridgehead atoms. The fraction of sp³-hybridized carbons (Fsp3) is 0.429. The molecule has 102 valence electrons. The van der Waals surface area contributed by atoms with E-state index < -0.39 is 42.1 Å². The Balaban J connectivity index is 4.61. The third-order valence-corrected chi connectivity index (χ3v) is 1.53. The first-order valence-electron chi connectivity index (χ1n) is 4.33. The van der Waals surface area contributed by atoms with Crippen molar-refractivity contribution < 1.29 is 44.4 Å². The molecule has 4 amide bonds. The fourth-order valence-corrected chi connectivity index (χ4v) is 0.880. The van der Waals surface area contributed by atoms with Crippen LogP contribution in [0.2, 0.25) is 0 Å². The minimum atomic E-state index is -1.94. The first-order valence-corrected chi connectivity index (χ1v) is 4.33. The van der Waals surface area contributed by atoms with Crippen molar-refractivity contribution in [1.82, 2.24) is 9.96 Å². The molecule has 0 saturated carbocycles. The van der Waals surface area contributed by atoms with E-state index in [2.05, 4.69) is 4.84 Å². The molecule has 0 radical (unpaired) electrons. The van der Waals surface area contributed by atoms with Crippen molar-refractivity contribution in [1.29, 1.82) is 0 Å². The third-order valence-electron chi connectivity index (χ3n) is 1.53. The molecule has 1 unspecified atom stereocenters. The summed E-state index contributed by atoms with van der Waals surface area (Å²) in [5.74, 6) is 0. The third kappa shape index (κ3) is 4.52. The van der Waals surface area contributed by atoms with Crippen molar-refractivity contribution in [3.05, 3.63) is 0 Å². The molecule has 0 aliphatic heterocycles. The standard InChI is InChI=1S/C7H10N2O9/c1-3(2-8(4(10)11)5(12)13)18-9(6(14)15)7(16)17/h3H,2H2,1H3,(H,10,11)(H,12,13)(H,14,15)(H,16,17). The van der Waals surface area contributed by atoms with Crippen LogP contribution in [0.15, 0.2) is 0 Å². The number of hydrogen-bond acceptors (Lipinski definition) is 5. The van der Waals surface area contributed by atoms with Crippen LogP contribution in [-0.2, 0) is 4.84 Å². The van der Waals surface area contributed by atoms with E-state index in [0.717, 1.165) is 6.92 Å². The van der Waals surface area contributed by atoms with Crippen LogP contribution in [-0.4, -0.2) is 67.4 Å². The highest BCUT2D eigenvalue weighted by molar-refractivity contribution is 5.85. The molecular weight excluding hydrogens is 256 g/mol. The van der Waals surface area contributed by atoms with Gasteiger partial charge in [0.2, 0.25) is 0 Å². The minimum absolute atomic E-state index is 0.0768. The van der Waals surface area contributed by atoms with Gasteiger partial charge in [-0.25, -0.2) is 24.1 Å². The van der Waals surface area contributed by atoms with E-state index in [1.54, 1.807) is 0 Å². The van der Waals surface area contributed by atoms with Gasteiger partial charge in [0, 0.05) is 0 Å². The molecule has 0 aromatic carbocycles. The molecule has 0 aromatic rings. The highest BCUT2D eigenvalue weighted by atomic mass is 16.7. The second-order valence-electron chi connectivity index (χ2n) is 2.95. The SMILES string of the molecule is CC(CN(C(=O)O)C(=O)O)ON(C(=O)O)C(=O)O. The summed E-state index contributed by atoms with van der Waals surface area (Å²) in [5.41, 5.74) is 0. The highest BCUT2D eigenvalue weighted by Crippen LogP contribution is 2.03. The molecule has 1 atom stereocenters. The molecule has 0 aliphatic rings. The minimum Gasteiger partial charge on any atom is -0.465 e. The Hall–Kier alpha value is -2.56. The lowest BCUT2D eigenvalue weighted by atomic mass is 10.4. The molecule has 4 N–H and O–H groups in total. The molecule has 0 aromatic heterocycles. The zero-order chi connectivity index (χ0) is 14.5. The van der Waals surface area contributed by atoms with Gasteiger partial charge in [0.05, 0.1) is 6.54 Å². The maximum Gasteiger partial charge on any atom is 0.441 e. The van der Waals surface area contributed by atoms with Crippen LogP contribution in [0, 0.1) is 0 Å².